The SMILES string of the molecule is N#Cc1ccc(C2CCC(C3CCCCC3)CC2)cc1. The molecule has 2 fully saturated rings. The highest BCUT2D eigenvalue weighted by Crippen LogP contribution is 2.42. The first kappa shape index (κ1) is 13.7. The van der Waals surface area contributed by atoms with E-state index in [0.29, 0.717) is 0 Å². The Kier molecular flexibility index (Phi) is 4.41. The molecule has 0 aromatic heterocycles. The van der Waals surface area contributed by atoms with E-state index in [0.717, 1.165) is 23.3 Å². The Morgan fingerprint density at radius 3 is 1.95 bits per heavy atom. The smallest absolute Gasteiger partial charge is 0.0991 e. The predicted molar refractivity (Wildman–Crippen MR) is 82.4 cm³/mol. The molecular formula is C19H25N. The van der Waals surface area contributed by atoms with E-state index in [2.05, 4.69) is 18.2 Å². The molecule has 0 bridgehead atoms. The van der Waals surface area contributed by atoms with Gasteiger partial charge >= 0.3 is 0 Å². The van der Waals surface area contributed by atoms with Gasteiger partial charge in [-0.2, -0.15) is 5.26 Å². The van der Waals surface area contributed by atoms with Crippen LogP contribution in [0.25, 0.3) is 0 Å². The minimum atomic E-state index is 0.739. The summed E-state index contributed by atoms with van der Waals surface area (Å²) in [6, 6.07) is 10.5. The second kappa shape index (κ2) is 6.44. The van der Waals surface area contributed by atoms with E-state index in [1.807, 2.05) is 12.1 Å². The van der Waals surface area contributed by atoms with Crippen molar-refractivity contribution in [3.8, 4) is 6.07 Å². The molecule has 0 heterocycles. The fraction of sp³-hybridized carbons (Fsp3) is 0.632. The molecule has 0 N–H and O–H groups in total. The van der Waals surface area contributed by atoms with Crippen molar-refractivity contribution in [2.75, 3.05) is 0 Å². The molecule has 1 heteroatoms. The van der Waals surface area contributed by atoms with Crippen molar-refractivity contribution in [3.05, 3.63) is 35.4 Å². The molecule has 2 saturated carbocycles. The normalized spacial score (nSPS) is 27.9. The fourth-order valence-corrected chi connectivity index (χ4v) is 4.36. The van der Waals surface area contributed by atoms with Gasteiger partial charge in [0.25, 0.3) is 0 Å². The highest BCUT2D eigenvalue weighted by Gasteiger charge is 2.28. The van der Waals surface area contributed by atoms with Gasteiger partial charge < -0.3 is 0 Å². The van der Waals surface area contributed by atoms with E-state index in [9.17, 15) is 0 Å². The van der Waals surface area contributed by atoms with Crippen molar-refractivity contribution in [2.24, 2.45) is 11.8 Å². The second-order valence-corrected chi connectivity index (χ2v) is 6.74. The van der Waals surface area contributed by atoms with Crippen molar-refractivity contribution < 1.29 is 0 Å². The van der Waals surface area contributed by atoms with Gasteiger partial charge in [0.2, 0.25) is 0 Å². The fourth-order valence-electron chi connectivity index (χ4n) is 4.36. The first-order valence-corrected chi connectivity index (χ1v) is 8.37. The molecule has 0 radical (unpaired) electrons. The van der Waals surface area contributed by atoms with Gasteiger partial charge in [-0.1, -0.05) is 44.2 Å². The molecule has 0 aliphatic heterocycles. The zero-order chi connectivity index (χ0) is 13.8. The van der Waals surface area contributed by atoms with Gasteiger partial charge in [0.05, 0.1) is 11.6 Å². The average Bonchev–Trinajstić information content (AvgIpc) is 2.56. The minimum Gasteiger partial charge on any atom is -0.192 e. The van der Waals surface area contributed by atoms with E-state index in [1.54, 1.807) is 0 Å². The summed E-state index contributed by atoms with van der Waals surface area (Å²) in [6.45, 7) is 0. The molecule has 0 amide bonds. The molecule has 2 aliphatic carbocycles. The van der Waals surface area contributed by atoms with Crippen LogP contribution >= 0.6 is 0 Å². The molecule has 0 atom stereocenters. The molecule has 3 rings (SSSR count). The van der Waals surface area contributed by atoms with Crippen molar-refractivity contribution in [2.45, 2.75) is 63.7 Å². The summed E-state index contributed by atoms with van der Waals surface area (Å²) in [5.74, 6) is 2.78. The Morgan fingerprint density at radius 2 is 1.35 bits per heavy atom. The molecular weight excluding hydrogens is 242 g/mol. The molecule has 0 unspecified atom stereocenters. The molecule has 0 spiro atoms. The van der Waals surface area contributed by atoms with E-state index < -0.39 is 0 Å². The number of benzene rings is 1. The molecule has 106 valence electrons. The highest BCUT2D eigenvalue weighted by molar-refractivity contribution is 5.33. The number of hydrogen-bond acceptors (Lipinski definition) is 1. The Labute approximate surface area is 123 Å². The standard InChI is InChI=1S/C19H25N/c20-14-15-6-8-17(9-7-15)19-12-10-18(11-13-19)16-4-2-1-3-5-16/h6-9,16,18-19H,1-5,10-13H2. The summed E-state index contributed by atoms with van der Waals surface area (Å²) in [4.78, 5) is 0. The Hall–Kier alpha value is -1.29. The summed E-state index contributed by atoms with van der Waals surface area (Å²) in [6.07, 6.45) is 13.0. The van der Waals surface area contributed by atoms with Crippen LogP contribution in [0.3, 0.4) is 0 Å². The lowest BCUT2D eigenvalue weighted by Gasteiger charge is -2.36. The van der Waals surface area contributed by atoms with Crippen molar-refractivity contribution >= 4 is 0 Å². The van der Waals surface area contributed by atoms with Crippen LogP contribution in [0.15, 0.2) is 24.3 Å². The van der Waals surface area contributed by atoms with Gasteiger partial charge in [0, 0.05) is 0 Å². The van der Waals surface area contributed by atoms with Gasteiger partial charge in [-0.05, 0) is 61.1 Å². The third-order valence-electron chi connectivity index (χ3n) is 5.60. The van der Waals surface area contributed by atoms with Crippen molar-refractivity contribution in [1.29, 1.82) is 5.26 Å². The maximum Gasteiger partial charge on any atom is 0.0991 e. The van der Waals surface area contributed by atoms with Crippen LogP contribution in [0.1, 0.15) is 74.8 Å². The quantitative estimate of drug-likeness (QED) is 0.702. The summed E-state index contributed by atoms with van der Waals surface area (Å²) >= 11 is 0. The van der Waals surface area contributed by atoms with Crippen LogP contribution in [0.4, 0.5) is 0 Å². The first-order valence-electron chi connectivity index (χ1n) is 8.37. The maximum atomic E-state index is 8.87. The lowest BCUT2D eigenvalue weighted by Crippen LogP contribution is -2.23. The first-order chi connectivity index (χ1) is 9.86. The van der Waals surface area contributed by atoms with Gasteiger partial charge in [0.1, 0.15) is 0 Å². The van der Waals surface area contributed by atoms with Crippen LogP contribution in [0, 0.1) is 23.2 Å². The summed E-state index contributed by atoms with van der Waals surface area (Å²) < 4.78 is 0. The zero-order valence-electron chi connectivity index (χ0n) is 12.4. The van der Waals surface area contributed by atoms with Crippen molar-refractivity contribution in [1.82, 2.24) is 0 Å². The van der Waals surface area contributed by atoms with E-state index >= 15 is 0 Å². The molecule has 20 heavy (non-hydrogen) atoms. The largest absolute Gasteiger partial charge is 0.192 e. The topological polar surface area (TPSA) is 23.8 Å². The number of rotatable bonds is 2. The van der Waals surface area contributed by atoms with Crippen LogP contribution in [-0.2, 0) is 0 Å². The predicted octanol–water partition coefficient (Wildman–Crippen LogP) is 5.41. The van der Waals surface area contributed by atoms with Crippen LogP contribution < -0.4 is 0 Å². The van der Waals surface area contributed by atoms with E-state index in [4.69, 9.17) is 5.26 Å². The number of nitrogens with zero attached hydrogens (tertiary/aromatic N) is 1. The van der Waals surface area contributed by atoms with Crippen LogP contribution in [-0.4, -0.2) is 0 Å². The Balaban J connectivity index is 1.56. The Bertz CT molecular complexity index is 454. The molecule has 1 aromatic rings. The summed E-state index contributed by atoms with van der Waals surface area (Å²) in [5.41, 5.74) is 2.23. The van der Waals surface area contributed by atoms with Crippen LogP contribution in [0.5, 0.6) is 0 Å². The monoisotopic (exact) mass is 267 g/mol. The lowest BCUT2D eigenvalue weighted by molar-refractivity contribution is 0.186. The molecule has 1 aromatic carbocycles. The zero-order valence-corrected chi connectivity index (χ0v) is 12.4. The van der Waals surface area contributed by atoms with Gasteiger partial charge in [-0.3, -0.25) is 0 Å². The third kappa shape index (κ3) is 3.06. The molecule has 2 aliphatic rings. The van der Waals surface area contributed by atoms with E-state index in [-0.39, 0.29) is 0 Å². The lowest BCUT2D eigenvalue weighted by atomic mass is 9.70. The highest BCUT2D eigenvalue weighted by atomic mass is 14.3. The van der Waals surface area contributed by atoms with Crippen molar-refractivity contribution in [3.63, 3.8) is 0 Å². The molecule has 1 nitrogen and oxygen atoms in total. The minimum absolute atomic E-state index is 0.739. The summed E-state index contributed by atoms with van der Waals surface area (Å²) in [5, 5.41) is 8.87. The number of nitriles is 1. The van der Waals surface area contributed by atoms with E-state index in [1.165, 1.54) is 63.4 Å². The average molecular weight is 267 g/mol. The summed E-state index contributed by atoms with van der Waals surface area (Å²) in [7, 11) is 0. The number of hydrogen-bond donors (Lipinski definition) is 0. The molecule has 0 saturated heterocycles. The second-order valence-electron chi connectivity index (χ2n) is 6.74. The van der Waals surface area contributed by atoms with Gasteiger partial charge in [-0.15, -0.1) is 0 Å². The van der Waals surface area contributed by atoms with Crippen LogP contribution in [0.2, 0.25) is 0 Å². The Morgan fingerprint density at radius 1 is 0.750 bits per heavy atom. The maximum absolute atomic E-state index is 8.87. The van der Waals surface area contributed by atoms with Gasteiger partial charge in [0.15, 0.2) is 0 Å². The van der Waals surface area contributed by atoms with Gasteiger partial charge in [-0.25, -0.2) is 0 Å². The third-order valence-corrected chi connectivity index (χ3v) is 5.60.